The van der Waals surface area contributed by atoms with Crippen molar-refractivity contribution in [1.29, 1.82) is 0 Å². The number of rotatable bonds is 7. The van der Waals surface area contributed by atoms with Crippen LogP contribution in [-0.2, 0) is 6.42 Å². The maximum atomic E-state index is 13.5. The van der Waals surface area contributed by atoms with Crippen LogP contribution >= 0.6 is 0 Å². The highest BCUT2D eigenvalue weighted by molar-refractivity contribution is 5.18. The molecule has 0 spiro atoms. The predicted octanol–water partition coefficient (Wildman–Crippen LogP) is 3.78. The Morgan fingerprint density at radius 2 is 1.82 bits per heavy atom. The second-order valence-corrected chi connectivity index (χ2v) is 4.79. The fourth-order valence-electron chi connectivity index (χ4n) is 2.01. The van der Waals surface area contributed by atoms with Gasteiger partial charge < -0.3 is 5.32 Å². The summed E-state index contributed by atoms with van der Waals surface area (Å²) in [6, 6.07) is 7.35. The lowest BCUT2D eigenvalue weighted by molar-refractivity contribution is 0.414. The minimum absolute atomic E-state index is 0.0938. The van der Waals surface area contributed by atoms with Crippen molar-refractivity contribution in [1.82, 2.24) is 5.32 Å². The third-order valence-corrected chi connectivity index (χ3v) is 3.39. The fraction of sp³-hybridized carbons (Fsp3) is 0.600. The van der Waals surface area contributed by atoms with Gasteiger partial charge in [0, 0.05) is 6.04 Å². The van der Waals surface area contributed by atoms with Crippen molar-refractivity contribution in [3.8, 4) is 0 Å². The number of nitrogens with one attached hydrogen (secondary N) is 1. The van der Waals surface area contributed by atoms with Crippen molar-refractivity contribution >= 4 is 0 Å². The molecule has 0 fully saturated rings. The predicted molar refractivity (Wildman–Crippen MR) is 71.6 cm³/mol. The first kappa shape index (κ1) is 14.2. The quantitative estimate of drug-likeness (QED) is 0.761. The van der Waals surface area contributed by atoms with Crippen LogP contribution in [0.25, 0.3) is 0 Å². The van der Waals surface area contributed by atoms with Crippen molar-refractivity contribution in [2.75, 3.05) is 6.54 Å². The van der Waals surface area contributed by atoms with Gasteiger partial charge in [0.15, 0.2) is 0 Å². The Morgan fingerprint density at radius 3 is 2.41 bits per heavy atom. The molecule has 1 nitrogen and oxygen atoms in total. The van der Waals surface area contributed by atoms with E-state index < -0.39 is 0 Å². The molecule has 1 N–H and O–H groups in total. The minimum Gasteiger partial charge on any atom is -0.314 e. The van der Waals surface area contributed by atoms with Crippen LogP contribution in [0.4, 0.5) is 4.39 Å². The summed E-state index contributed by atoms with van der Waals surface area (Å²) in [7, 11) is 0. The minimum atomic E-state index is -0.0938. The van der Waals surface area contributed by atoms with Gasteiger partial charge in [-0.1, -0.05) is 44.9 Å². The number of hydrogen-bond acceptors (Lipinski definition) is 1. The molecule has 1 aromatic carbocycles. The normalized spacial score (nSPS) is 13.0. The van der Waals surface area contributed by atoms with Gasteiger partial charge in [-0.25, -0.2) is 4.39 Å². The molecule has 0 aliphatic heterocycles. The monoisotopic (exact) mass is 237 g/mol. The summed E-state index contributed by atoms with van der Waals surface area (Å²) in [5.41, 5.74) is 0.803. The van der Waals surface area contributed by atoms with Crippen LogP contribution in [0.2, 0.25) is 0 Å². The van der Waals surface area contributed by atoms with Gasteiger partial charge in [-0.15, -0.1) is 0 Å². The Morgan fingerprint density at radius 1 is 1.18 bits per heavy atom. The summed E-state index contributed by atoms with van der Waals surface area (Å²) < 4.78 is 13.5. The number of halogens is 1. The molecule has 96 valence electrons. The zero-order valence-corrected chi connectivity index (χ0v) is 11.2. The van der Waals surface area contributed by atoms with Crippen LogP contribution in [0.3, 0.4) is 0 Å². The highest BCUT2D eigenvalue weighted by atomic mass is 19.1. The Labute approximate surface area is 104 Å². The average molecular weight is 237 g/mol. The van der Waals surface area contributed by atoms with E-state index in [0.717, 1.165) is 24.4 Å². The van der Waals surface area contributed by atoms with E-state index in [4.69, 9.17) is 0 Å². The van der Waals surface area contributed by atoms with Crippen LogP contribution < -0.4 is 5.32 Å². The maximum absolute atomic E-state index is 13.5. The molecule has 17 heavy (non-hydrogen) atoms. The fourth-order valence-corrected chi connectivity index (χ4v) is 2.01. The molecular formula is C15H24FN. The van der Waals surface area contributed by atoms with Crippen molar-refractivity contribution in [3.05, 3.63) is 35.6 Å². The van der Waals surface area contributed by atoms with E-state index in [1.165, 1.54) is 18.9 Å². The number of hydrogen-bond donors (Lipinski definition) is 1. The van der Waals surface area contributed by atoms with Crippen molar-refractivity contribution in [2.45, 2.75) is 46.1 Å². The molecular weight excluding hydrogens is 213 g/mol. The summed E-state index contributed by atoms with van der Waals surface area (Å²) in [4.78, 5) is 0. The third kappa shape index (κ3) is 4.86. The summed E-state index contributed by atoms with van der Waals surface area (Å²) in [5.74, 6) is 0.641. The van der Waals surface area contributed by atoms with Gasteiger partial charge in [-0.3, -0.25) is 0 Å². The lowest BCUT2D eigenvalue weighted by Gasteiger charge is -2.18. The van der Waals surface area contributed by atoms with E-state index in [1.807, 2.05) is 12.1 Å². The Bertz CT molecular complexity index is 320. The SMILES string of the molecule is CCC(CC)CNC(C)Cc1ccccc1F. The molecule has 0 aliphatic rings. The van der Waals surface area contributed by atoms with E-state index >= 15 is 0 Å². The first-order valence-electron chi connectivity index (χ1n) is 6.64. The van der Waals surface area contributed by atoms with Gasteiger partial charge in [0.2, 0.25) is 0 Å². The molecule has 1 atom stereocenters. The Hall–Kier alpha value is -0.890. The second kappa shape index (κ2) is 7.44. The van der Waals surface area contributed by atoms with Crippen molar-refractivity contribution < 1.29 is 4.39 Å². The Kier molecular flexibility index (Phi) is 6.20. The van der Waals surface area contributed by atoms with E-state index in [0.29, 0.717) is 6.04 Å². The molecule has 0 amide bonds. The average Bonchev–Trinajstić information content (AvgIpc) is 2.33. The van der Waals surface area contributed by atoms with Gasteiger partial charge in [0.05, 0.1) is 0 Å². The molecule has 1 unspecified atom stereocenters. The summed E-state index contributed by atoms with van der Waals surface area (Å²) in [5, 5.41) is 3.49. The molecule has 2 heteroatoms. The summed E-state index contributed by atoms with van der Waals surface area (Å²) >= 11 is 0. The molecule has 0 saturated heterocycles. The van der Waals surface area contributed by atoms with Crippen molar-refractivity contribution in [3.63, 3.8) is 0 Å². The van der Waals surface area contributed by atoms with Gasteiger partial charge in [-0.2, -0.15) is 0 Å². The van der Waals surface area contributed by atoms with Gasteiger partial charge in [0.1, 0.15) is 5.82 Å². The molecule has 0 aliphatic carbocycles. The summed E-state index contributed by atoms with van der Waals surface area (Å²) in [6.07, 6.45) is 3.17. The lowest BCUT2D eigenvalue weighted by atomic mass is 10.0. The van der Waals surface area contributed by atoms with Gasteiger partial charge in [0.25, 0.3) is 0 Å². The maximum Gasteiger partial charge on any atom is 0.126 e. The smallest absolute Gasteiger partial charge is 0.126 e. The summed E-state index contributed by atoms with van der Waals surface area (Å²) in [6.45, 7) is 7.59. The first-order chi connectivity index (χ1) is 8.17. The molecule has 1 rings (SSSR count). The van der Waals surface area contributed by atoms with Crippen LogP contribution in [0.1, 0.15) is 39.2 Å². The van der Waals surface area contributed by atoms with Crippen LogP contribution in [0, 0.1) is 11.7 Å². The van der Waals surface area contributed by atoms with E-state index in [2.05, 4.69) is 26.1 Å². The van der Waals surface area contributed by atoms with Crippen LogP contribution in [0.5, 0.6) is 0 Å². The van der Waals surface area contributed by atoms with Gasteiger partial charge in [-0.05, 0) is 37.4 Å². The molecule has 1 aromatic rings. The lowest BCUT2D eigenvalue weighted by Crippen LogP contribution is -2.32. The van der Waals surface area contributed by atoms with Crippen molar-refractivity contribution in [2.24, 2.45) is 5.92 Å². The molecule has 0 radical (unpaired) electrons. The molecule has 0 saturated carbocycles. The molecule has 0 bridgehead atoms. The largest absolute Gasteiger partial charge is 0.314 e. The number of benzene rings is 1. The highest BCUT2D eigenvalue weighted by Gasteiger charge is 2.09. The third-order valence-electron chi connectivity index (χ3n) is 3.39. The standard InChI is InChI=1S/C15H24FN/c1-4-13(5-2)11-17-12(3)10-14-8-6-7-9-15(14)16/h6-9,12-13,17H,4-5,10-11H2,1-3H3. The topological polar surface area (TPSA) is 12.0 Å². The highest BCUT2D eigenvalue weighted by Crippen LogP contribution is 2.10. The Balaban J connectivity index is 2.39. The zero-order chi connectivity index (χ0) is 12.7. The zero-order valence-electron chi connectivity index (χ0n) is 11.2. The van der Waals surface area contributed by atoms with Gasteiger partial charge >= 0.3 is 0 Å². The van der Waals surface area contributed by atoms with Crippen LogP contribution in [-0.4, -0.2) is 12.6 Å². The van der Waals surface area contributed by atoms with E-state index in [1.54, 1.807) is 6.07 Å². The van der Waals surface area contributed by atoms with E-state index in [-0.39, 0.29) is 5.82 Å². The second-order valence-electron chi connectivity index (χ2n) is 4.79. The molecule has 0 aromatic heterocycles. The van der Waals surface area contributed by atoms with Crippen LogP contribution in [0.15, 0.2) is 24.3 Å². The van der Waals surface area contributed by atoms with E-state index in [9.17, 15) is 4.39 Å². The first-order valence-corrected chi connectivity index (χ1v) is 6.64. The molecule has 0 heterocycles.